The van der Waals surface area contributed by atoms with Crippen LogP contribution >= 0.6 is 11.6 Å². The van der Waals surface area contributed by atoms with E-state index in [2.05, 4.69) is 20.8 Å². The summed E-state index contributed by atoms with van der Waals surface area (Å²) >= 11 is 6.38. The van der Waals surface area contributed by atoms with Gasteiger partial charge in [-0.15, -0.1) is 11.6 Å². The van der Waals surface area contributed by atoms with E-state index in [0.717, 1.165) is 19.3 Å². The lowest BCUT2D eigenvalue weighted by atomic mass is 9.75. The molecule has 1 saturated carbocycles. The molecule has 72 valence electrons. The zero-order valence-corrected chi connectivity index (χ0v) is 8.93. The molecule has 2 heteroatoms. The molecule has 3 atom stereocenters. The third kappa shape index (κ3) is 1.77. The highest BCUT2D eigenvalue weighted by molar-refractivity contribution is 6.24. The Morgan fingerprint density at radius 3 is 2.50 bits per heavy atom. The Morgan fingerprint density at radius 2 is 2.08 bits per heavy atom. The van der Waals surface area contributed by atoms with Crippen molar-refractivity contribution in [1.29, 1.82) is 0 Å². The normalized spacial score (nSPS) is 43.5. The summed E-state index contributed by atoms with van der Waals surface area (Å²) in [6.07, 6.45) is 2.65. The molecule has 0 radical (unpaired) electrons. The summed E-state index contributed by atoms with van der Waals surface area (Å²) in [5, 5.41) is 9.84. The van der Waals surface area contributed by atoms with Crippen LogP contribution < -0.4 is 0 Å². The minimum Gasteiger partial charge on any atom is -0.391 e. The van der Waals surface area contributed by atoms with E-state index in [1.165, 1.54) is 0 Å². The Bertz CT molecular complexity index is 158. The van der Waals surface area contributed by atoms with Crippen molar-refractivity contribution < 1.29 is 5.11 Å². The van der Waals surface area contributed by atoms with Gasteiger partial charge in [-0.3, -0.25) is 0 Å². The molecule has 12 heavy (non-hydrogen) atoms. The average Bonchev–Trinajstić information content (AvgIpc) is 1.97. The van der Waals surface area contributed by atoms with Crippen LogP contribution in [0.1, 0.15) is 40.0 Å². The van der Waals surface area contributed by atoms with E-state index in [4.69, 9.17) is 11.6 Å². The van der Waals surface area contributed by atoms with Gasteiger partial charge in [0.2, 0.25) is 0 Å². The first-order valence-electron chi connectivity index (χ1n) is 4.83. The average molecular weight is 191 g/mol. The summed E-state index contributed by atoms with van der Waals surface area (Å²) in [5.41, 5.74) is 0. The minimum absolute atomic E-state index is 0.317. The predicted octanol–water partition coefficient (Wildman–Crippen LogP) is 2.80. The van der Waals surface area contributed by atoms with Gasteiger partial charge in [0.15, 0.2) is 0 Å². The Morgan fingerprint density at radius 1 is 1.50 bits per heavy atom. The van der Waals surface area contributed by atoms with Gasteiger partial charge >= 0.3 is 0 Å². The van der Waals surface area contributed by atoms with Crippen molar-refractivity contribution in [2.75, 3.05) is 0 Å². The van der Waals surface area contributed by atoms with E-state index >= 15 is 0 Å². The van der Waals surface area contributed by atoms with E-state index in [-0.39, 0.29) is 11.0 Å². The van der Waals surface area contributed by atoms with Crippen molar-refractivity contribution in [1.82, 2.24) is 0 Å². The maximum Gasteiger partial charge on any atom is 0.0736 e. The van der Waals surface area contributed by atoms with Crippen molar-refractivity contribution >= 4 is 11.6 Å². The molecule has 0 aliphatic heterocycles. The van der Waals surface area contributed by atoms with Crippen LogP contribution in [0.4, 0.5) is 0 Å². The Labute approximate surface area is 80.1 Å². The molecule has 1 nitrogen and oxygen atoms in total. The smallest absolute Gasteiger partial charge is 0.0736 e. The van der Waals surface area contributed by atoms with Crippen molar-refractivity contribution in [3.8, 4) is 0 Å². The predicted molar refractivity (Wildman–Crippen MR) is 52.4 cm³/mol. The second-order valence-electron chi connectivity index (χ2n) is 4.48. The summed E-state index contributed by atoms with van der Waals surface area (Å²) in [6.45, 7) is 6.36. The maximum absolute atomic E-state index is 9.84. The number of aliphatic hydroxyl groups excluding tert-OH is 1. The molecule has 0 aromatic carbocycles. The van der Waals surface area contributed by atoms with Gasteiger partial charge in [0.05, 0.1) is 11.0 Å². The monoisotopic (exact) mass is 190 g/mol. The summed E-state index contributed by atoms with van der Waals surface area (Å²) < 4.78 is 0. The Hall–Kier alpha value is 0.250. The Kier molecular flexibility index (Phi) is 3.06. The number of rotatable bonds is 1. The number of halogens is 1. The fourth-order valence-electron chi connectivity index (χ4n) is 2.00. The van der Waals surface area contributed by atoms with Gasteiger partial charge < -0.3 is 5.11 Å². The molecule has 1 aliphatic carbocycles. The van der Waals surface area contributed by atoms with Crippen LogP contribution in [0.3, 0.4) is 0 Å². The van der Waals surface area contributed by atoms with Crippen molar-refractivity contribution in [3.05, 3.63) is 0 Å². The van der Waals surface area contributed by atoms with Crippen LogP contribution in [-0.4, -0.2) is 16.1 Å². The van der Waals surface area contributed by atoms with Crippen LogP contribution in [0.2, 0.25) is 0 Å². The molecular formula is C10H19ClO. The highest BCUT2D eigenvalue weighted by Gasteiger charge is 2.42. The third-order valence-corrected chi connectivity index (χ3v) is 4.04. The summed E-state index contributed by atoms with van der Waals surface area (Å²) in [4.78, 5) is -0.355. The lowest BCUT2D eigenvalue weighted by molar-refractivity contribution is 0.0443. The van der Waals surface area contributed by atoms with Gasteiger partial charge in [0.1, 0.15) is 0 Å². The minimum atomic E-state index is -0.355. The summed E-state index contributed by atoms with van der Waals surface area (Å²) in [7, 11) is 0. The van der Waals surface area contributed by atoms with Crippen molar-refractivity contribution in [3.63, 3.8) is 0 Å². The molecule has 0 amide bonds. The van der Waals surface area contributed by atoms with E-state index in [1.54, 1.807) is 0 Å². The molecule has 0 saturated heterocycles. The number of hydrogen-bond donors (Lipinski definition) is 1. The largest absolute Gasteiger partial charge is 0.391 e. The molecule has 0 unspecified atom stereocenters. The molecule has 0 aromatic heterocycles. The molecule has 0 aromatic rings. The van der Waals surface area contributed by atoms with Crippen LogP contribution in [0.5, 0.6) is 0 Å². The maximum atomic E-state index is 9.84. The summed E-state index contributed by atoms with van der Waals surface area (Å²) in [5.74, 6) is 0.993. The first-order valence-corrected chi connectivity index (χ1v) is 5.21. The van der Waals surface area contributed by atoms with E-state index in [9.17, 15) is 5.11 Å². The first-order chi connectivity index (χ1) is 5.47. The van der Waals surface area contributed by atoms with Gasteiger partial charge in [-0.2, -0.15) is 0 Å². The number of aliphatic hydroxyl groups is 1. The topological polar surface area (TPSA) is 20.2 Å². The van der Waals surface area contributed by atoms with Crippen LogP contribution in [0, 0.1) is 11.8 Å². The first kappa shape index (κ1) is 10.3. The Balaban J connectivity index is 2.66. The molecule has 1 rings (SSSR count). The zero-order chi connectivity index (χ0) is 9.35. The third-order valence-electron chi connectivity index (χ3n) is 3.16. The highest BCUT2D eigenvalue weighted by Crippen LogP contribution is 2.42. The molecule has 1 fully saturated rings. The fraction of sp³-hybridized carbons (Fsp3) is 1.00. The molecule has 1 N–H and O–H groups in total. The van der Waals surface area contributed by atoms with Gasteiger partial charge in [0.25, 0.3) is 0 Å². The van der Waals surface area contributed by atoms with Crippen LogP contribution in [-0.2, 0) is 0 Å². The fourth-order valence-corrected chi connectivity index (χ4v) is 2.20. The van der Waals surface area contributed by atoms with Gasteiger partial charge in [-0.1, -0.05) is 20.8 Å². The standard InChI is InChI=1S/C10H19ClO/c1-7(2)10(11)5-4-8(3)6-9(10)12/h7-9,12H,4-6H2,1-3H3/t8-,9-,10-/m1/s1. The van der Waals surface area contributed by atoms with Crippen LogP contribution in [0.25, 0.3) is 0 Å². The van der Waals surface area contributed by atoms with Gasteiger partial charge in [-0.05, 0) is 31.1 Å². The molecular weight excluding hydrogens is 172 g/mol. The summed E-state index contributed by atoms with van der Waals surface area (Å²) in [6, 6.07) is 0. The second kappa shape index (κ2) is 3.55. The molecule has 0 heterocycles. The SMILES string of the molecule is CC(C)[C@]1(Cl)CC[C@@H](C)C[C@H]1O. The van der Waals surface area contributed by atoms with E-state index < -0.39 is 0 Å². The molecule has 1 aliphatic rings. The van der Waals surface area contributed by atoms with Gasteiger partial charge in [-0.25, -0.2) is 0 Å². The van der Waals surface area contributed by atoms with Crippen LogP contribution in [0.15, 0.2) is 0 Å². The van der Waals surface area contributed by atoms with Crippen molar-refractivity contribution in [2.24, 2.45) is 11.8 Å². The second-order valence-corrected chi connectivity index (χ2v) is 5.18. The zero-order valence-electron chi connectivity index (χ0n) is 8.18. The molecule has 0 bridgehead atoms. The molecule has 0 spiro atoms. The lowest BCUT2D eigenvalue weighted by Crippen LogP contribution is -2.45. The number of hydrogen-bond acceptors (Lipinski definition) is 1. The van der Waals surface area contributed by atoms with E-state index in [1.807, 2.05) is 0 Å². The number of alkyl halides is 1. The lowest BCUT2D eigenvalue weighted by Gasteiger charge is -2.41. The van der Waals surface area contributed by atoms with E-state index in [0.29, 0.717) is 11.8 Å². The highest BCUT2D eigenvalue weighted by atomic mass is 35.5. The quantitative estimate of drug-likeness (QED) is 0.631. The van der Waals surface area contributed by atoms with Gasteiger partial charge in [0, 0.05) is 0 Å². The van der Waals surface area contributed by atoms with Crippen molar-refractivity contribution in [2.45, 2.75) is 51.0 Å².